The first kappa shape index (κ1) is 15.4. The van der Waals surface area contributed by atoms with Gasteiger partial charge >= 0.3 is 0 Å². The molecule has 1 atom stereocenters. The zero-order valence-corrected chi connectivity index (χ0v) is 13.7. The first-order valence-electron chi connectivity index (χ1n) is 8.22. The second kappa shape index (κ2) is 7.16. The van der Waals surface area contributed by atoms with Crippen LogP contribution in [0.15, 0.2) is 5.10 Å². The molecule has 1 saturated heterocycles. The normalized spacial score (nSPS) is 32.7. The van der Waals surface area contributed by atoms with E-state index in [4.69, 9.17) is 16.3 Å². The topological polar surface area (TPSA) is 31.3 Å². The highest BCUT2D eigenvalue weighted by Gasteiger charge is 2.31. The Hall–Kier alpha value is -0.520. The van der Waals surface area contributed by atoms with E-state index in [1.807, 2.05) is 6.34 Å². The molecule has 120 valence electrons. The van der Waals surface area contributed by atoms with Crippen molar-refractivity contribution in [1.29, 1.82) is 0 Å². The van der Waals surface area contributed by atoms with Crippen LogP contribution in [0.5, 0.6) is 0 Å². The highest BCUT2D eigenvalue weighted by Crippen LogP contribution is 2.28. The van der Waals surface area contributed by atoms with E-state index in [2.05, 4.69) is 26.8 Å². The van der Waals surface area contributed by atoms with Crippen LogP contribution >= 0.6 is 11.6 Å². The van der Waals surface area contributed by atoms with Crippen LogP contribution in [0.25, 0.3) is 0 Å². The van der Waals surface area contributed by atoms with Gasteiger partial charge in [0.05, 0.1) is 13.2 Å². The zero-order valence-electron chi connectivity index (χ0n) is 13.0. The third-order valence-electron chi connectivity index (χ3n) is 5.10. The maximum Gasteiger partial charge on any atom is 0.113 e. The van der Waals surface area contributed by atoms with E-state index in [-0.39, 0.29) is 0 Å². The fourth-order valence-corrected chi connectivity index (χ4v) is 3.77. The molecule has 0 bridgehead atoms. The number of halogens is 1. The Morgan fingerprint density at radius 3 is 2.52 bits per heavy atom. The second-order valence-corrected chi connectivity index (χ2v) is 6.75. The van der Waals surface area contributed by atoms with E-state index in [9.17, 15) is 0 Å². The van der Waals surface area contributed by atoms with Crippen LogP contribution in [0.1, 0.15) is 32.6 Å². The van der Waals surface area contributed by atoms with Crippen LogP contribution in [-0.4, -0.2) is 78.1 Å². The molecule has 2 heterocycles. The summed E-state index contributed by atoms with van der Waals surface area (Å²) in [5, 5.41) is 6.85. The maximum atomic E-state index is 5.93. The van der Waals surface area contributed by atoms with Crippen molar-refractivity contribution < 1.29 is 4.74 Å². The summed E-state index contributed by atoms with van der Waals surface area (Å²) in [4.78, 5) is 4.86. The Labute approximate surface area is 132 Å². The molecule has 0 aromatic rings. The summed E-state index contributed by atoms with van der Waals surface area (Å²) in [6.45, 7) is 7.08. The summed E-state index contributed by atoms with van der Waals surface area (Å²) >= 11 is 5.93. The summed E-state index contributed by atoms with van der Waals surface area (Å²) in [6.07, 6.45) is 7.05. The molecule has 0 aromatic carbocycles. The van der Waals surface area contributed by atoms with E-state index in [1.54, 1.807) is 0 Å². The molecule has 3 aliphatic rings. The average Bonchev–Trinajstić information content (AvgIpc) is 3.05. The molecule has 5 nitrogen and oxygen atoms in total. The number of hydrogen-bond acceptors (Lipinski definition) is 5. The minimum atomic E-state index is 0.366. The quantitative estimate of drug-likeness (QED) is 0.740. The predicted octanol–water partition coefficient (Wildman–Crippen LogP) is 1.78. The number of hydrazone groups is 1. The van der Waals surface area contributed by atoms with Gasteiger partial charge < -0.3 is 9.64 Å². The van der Waals surface area contributed by atoms with Gasteiger partial charge in [0.15, 0.2) is 0 Å². The number of ether oxygens (including phenoxy) is 1. The molecule has 2 aliphatic heterocycles. The van der Waals surface area contributed by atoms with Crippen molar-refractivity contribution in [3.8, 4) is 0 Å². The number of rotatable bonds is 4. The lowest BCUT2D eigenvalue weighted by Gasteiger charge is -2.40. The highest BCUT2D eigenvalue weighted by molar-refractivity contribution is 6.18. The van der Waals surface area contributed by atoms with Gasteiger partial charge in [0.2, 0.25) is 0 Å². The summed E-state index contributed by atoms with van der Waals surface area (Å²) in [6, 6.07) is 1.73. The molecule has 1 saturated carbocycles. The van der Waals surface area contributed by atoms with E-state index < -0.39 is 0 Å². The first-order chi connectivity index (χ1) is 10.3. The lowest BCUT2D eigenvalue weighted by atomic mass is 9.89. The molecule has 3 rings (SSSR count). The summed E-state index contributed by atoms with van der Waals surface area (Å²) in [5.74, 6) is 0.656. The Morgan fingerprint density at radius 1 is 1.19 bits per heavy atom. The first-order valence-corrected chi connectivity index (χ1v) is 8.75. The molecule has 0 aromatic heterocycles. The molecule has 0 amide bonds. The monoisotopic (exact) mass is 314 g/mol. The largest absolute Gasteiger partial charge is 0.379 e. The smallest absolute Gasteiger partial charge is 0.113 e. The minimum Gasteiger partial charge on any atom is -0.379 e. The standard InChI is InChI=1S/C15H27ClN4O/c1-13(10-16)19-11-17-20(12-19)15-4-2-14(3-5-15)18-6-8-21-9-7-18/h11,13-15H,2-10,12H2,1H3. The number of nitrogens with zero attached hydrogens (tertiary/aromatic N) is 4. The molecular formula is C15H27ClN4O. The Bertz CT molecular complexity index is 354. The van der Waals surface area contributed by atoms with Crippen LogP contribution in [0.2, 0.25) is 0 Å². The third kappa shape index (κ3) is 3.63. The van der Waals surface area contributed by atoms with Crippen molar-refractivity contribution in [3.63, 3.8) is 0 Å². The van der Waals surface area contributed by atoms with Gasteiger partial charge in [-0.3, -0.25) is 9.91 Å². The maximum absolute atomic E-state index is 5.93. The molecule has 2 fully saturated rings. The number of alkyl halides is 1. The van der Waals surface area contributed by atoms with Crippen LogP contribution in [0.4, 0.5) is 0 Å². The average molecular weight is 315 g/mol. The SMILES string of the molecule is CC(CCl)N1C=NN(C2CCC(N3CCOCC3)CC2)C1. The van der Waals surface area contributed by atoms with Crippen LogP contribution < -0.4 is 0 Å². The van der Waals surface area contributed by atoms with Gasteiger partial charge in [-0.1, -0.05) is 0 Å². The predicted molar refractivity (Wildman–Crippen MR) is 85.7 cm³/mol. The lowest BCUT2D eigenvalue weighted by molar-refractivity contribution is -0.0000244. The van der Waals surface area contributed by atoms with E-state index in [1.165, 1.54) is 25.7 Å². The van der Waals surface area contributed by atoms with E-state index >= 15 is 0 Å². The van der Waals surface area contributed by atoms with Crippen molar-refractivity contribution >= 4 is 17.9 Å². The zero-order chi connectivity index (χ0) is 14.7. The molecule has 1 unspecified atom stereocenters. The molecule has 0 radical (unpaired) electrons. The van der Waals surface area contributed by atoms with Crippen molar-refractivity contribution in [1.82, 2.24) is 14.8 Å². The van der Waals surface area contributed by atoms with E-state index in [0.717, 1.165) is 39.0 Å². The van der Waals surface area contributed by atoms with Gasteiger partial charge in [-0.2, -0.15) is 5.10 Å². The van der Waals surface area contributed by atoms with Gasteiger partial charge in [-0.25, -0.2) is 0 Å². The second-order valence-electron chi connectivity index (χ2n) is 6.44. The van der Waals surface area contributed by atoms with Crippen molar-refractivity contribution in [2.45, 2.75) is 50.7 Å². The van der Waals surface area contributed by atoms with Crippen molar-refractivity contribution in [2.75, 3.05) is 38.9 Å². The van der Waals surface area contributed by atoms with Gasteiger partial charge in [0, 0.05) is 37.1 Å². The molecule has 0 N–H and O–H groups in total. The van der Waals surface area contributed by atoms with Crippen LogP contribution in [0.3, 0.4) is 0 Å². The van der Waals surface area contributed by atoms with Crippen molar-refractivity contribution in [3.05, 3.63) is 0 Å². The lowest BCUT2D eigenvalue weighted by Crippen LogP contribution is -2.47. The fraction of sp³-hybridized carbons (Fsp3) is 0.933. The van der Waals surface area contributed by atoms with Gasteiger partial charge in [0.1, 0.15) is 13.0 Å². The van der Waals surface area contributed by atoms with Gasteiger partial charge in [-0.15, -0.1) is 11.6 Å². The summed E-state index contributed by atoms with van der Waals surface area (Å²) in [7, 11) is 0. The molecule has 1 aliphatic carbocycles. The minimum absolute atomic E-state index is 0.366. The van der Waals surface area contributed by atoms with Crippen molar-refractivity contribution in [2.24, 2.45) is 5.10 Å². The fourth-order valence-electron chi connectivity index (χ4n) is 3.59. The van der Waals surface area contributed by atoms with Crippen LogP contribution in [-0.2, 0) is 4.74 Å². The highest BCUT2D eigenvalue weighted by atomic mass is 35.5. The summed E-state index contributed by atoms with van der Waals surface area (Å²) < 4.78 is 5.45. The summed E-state index contributed by atoms with van der Waals surface area (Å²) in [5.41, 5.74) is 0. The van der Waals surface area contributed by atoms with Gasteiger partial charge in [-0.05, 0) is 32.6 Å². The Morgan fingerprint density at radius 2 is 1.86 bits per heavy atom. The number of morpholine rings is 1. The third-order valence-corrected chi connectivity index (χ3v) is 5.54. The van der Waals surface area contributed by atoms with Gasteiger partial charge in [0.25, 0.3) is 0 Å². The molecular weight excluding hydrogens is 288 g/mol. The van der Waals surface area contributed by atoms with E-state index in [0.29, 0.717) is 18.0 Å². The molecule has 6 heteroatoms. The van der Waals surface area contributed by atoms with Crippen LogP contribution in [0, 0.1) is 0 Å². The number of hydrogen-bond donors (Lipinski definition) is 0. The molecule has 21 heavy (non-hydrogen) atoms. The Kier molecular flexibility index (Phi) is 5.24. The molecule has 0 spiro atoms. The Balaban J connectivity index is 1.45.